The number of ketones is 1. The zero-order valence-electron chi connectivity index (χ0n) is 10.7. The minimum Gasteiger partial charge on any atom is -0.371 e. The van der Waals surface area contributed by atoms with Crippen molar-refractivity contribution in [2.75, 3.05) is 20.3 Å². The van der Waals surface area contributed by atoms with E-state index in [9.17, 15) is 4.79 Å². The van der Waals surface area contributed by atoms with Crippen LogP contribution >= 0.6 is 0 Å². The summed E-state index contributed by atoms with van der Waals surface area (Å²) >= 11 is 0. The summed E-state index contributed by atoms with van der Waals surface area (Å²) < 4.78 is 22.2. The Morgan fingerprint density at radius 1 is 1.21 bits per heavy atom. The predicted molar refractivity (Wildman–Crippen MR) is 65.6 cm³/mol. The Balaban J connectivity index is 1.78. The number of ether oxygens (including phenoxy) is 4. The number of methoxy groups -OCH3 is 1. The third kappa shape index (κ3) is 2.42. The van der Waals surface area contributed by atoms with Crippen molar-refractivity contribution in [1.82, 2.24) is 0 Å². The first-order valence-electron chi connectivity index (χ1n) is 6.28. The highest BCUT2D eigenvalue weighted by atomic mass is 16.7. The molecule has 5 heteroatoms. The minimum atomic E-state index is -0.575. The molecule has 1 unspecified atom stereocenters. The van der Waals surface area contributed by atoms with Crippen LogP contribution in [0.3, 0.4) is 0 Å². The number of carbonyl (C=O) groups excluding carboxylic acids is 1. The summed E-state index contributed by atoms with van der Waals surface area (Å²) in [6, 6.07) is 9.63. The lowest BCUT2D eigenvalue weighted by atomic mass is 10.00. The Kier molecular flexibility index (Phi) is 3.61. The number of benzene rings is 1. The van der Waals surface area contributed by atoms with Crippen LogP contribution in [-0.2, 0) is 23.7 Å². The van der Waals surface area contributed by atoms with E-state index in [1.165, 1.54) is 7.11 Å². The van der Waals surface area contributed by atoms with Gasteiger partial charge in [0, 0.05) is 12.7 Å². The van der Waals surface area contributed by atoms with E-state index in [2.05, 4.69) is 0 Å². The lowest BCUT2D eigenvalue weighted by Gasteiger charge is -2.41. The predicted octanol–water partition coefficient (Wildman–Crippen LogP) is 1.08. The Morgan fingerprint density at radius 3 is 2.74 bits per heavy atom. The maximum atomic E-state index is 11.8. The largest absolute Gasteiger partial charge is 0.371 e. The molecular weight excluding hydrogens is 248 g/mol. The maximum Gasteiger partial charge on any atom is 0.189 e. The molecule has 0 aromatic heterocycles. The number of hydrogen-bond acceptors (Lipinski definition) is 5. The molecular formula is C14H16O5. The van der Waals surface area contributed by atoms with Gasteiger partial charge < -0.3 is 18.9 Å². The quantitative estimate of drug-likeness (QED) is 0.800. The third-order valence-corrected chi connectivity index (χ3v) is 3.44. The van der Waals surface area contributed by atoms with Crippen LogP contribution in [0.1, 0.15) is 11.9 Å². The molecule has 1 aromatic rings. The smallest absolute Gasteiger partial charge is 0.189 e. The van der Waals surface area contributed by atoms with Gasteiger partial charge in [0.25, 0.3) is 0 Å². The first-order valence-corrected chi connectivity index (χ1v) is 6.28. The first-order chi connectivity index (χ1) is 9.29. The summed E-state index contributed by atoms with van der Waals surface area (Å²) in [5.74, 6) is -0.0857. The van der Waals surface area contributed by atoms with E-state index in [0.29, 0.717) is 6.61 Å². The van der Waals surface area contributed by atoms with Gasteiger partial charge in [-0.2, -0.15) is 0 Å². The average Bonchev–Trinajstić information content (AvgIpc) is 2.47. The van der Waals surface area contributed by atoms with Crippen LogP contribution in [0.25, 0.3) is 0 Å². The van der Waals surface area contributed by atoms with Crippen molar-refractivity contribution in [1.29, 1.82) is 0 Å². The second-order valence-electron chi connectivity index (χ2n) is 4.65. The second kappa shape index (κ2) is 5.38. The SMILES string of the molecule is CO[C@@H]1C(=O)CO[C@@H]2CO[C@@H](c3ccccc3)OC12. The molecule has 0 spiro atoms. The van der Waals surface area contributed by atoms with Gasteiger partial charge in [0.05, 0.1) is 6.61 Å². The Labute approximate surface area is 111 Å². The third-order valence-electron chi connectivity index (χ3n) is 3.44. The highest BCUT2D eigenvalue weighted by Crippen LogP contribution is 2.31. The van der Waals surface area contributed by atoms with Crippen molar-refractivity contribution in [2.24, 2.45) is 0 Å². The van der Waals surface area contributed by atoms with E-state index in [1.807, 2.05) is 30.3 Å². The second-order valence-corrected chi connectivity index (χ2v) is 4.65. The van der Waals surface area contributed by atoms with Gasteiger partial charge in [-0.3, -0.25) is 4.79 Å². The number of Topliss-reactive ketones (excluding diaryl/α,β-unsaturated/α-hetero) is 1. The van der Waals surface area contributed by atoms with E-state index in [1.54, 1.807) is 0 Å². The molecule has 2 aliphatic heterocycles. The molecule has 0 N–H and O–H groups in total. The highest BCUT2D eigenvalue weighted by molar-refractivity contribution is 5.85. The topological polar surface area (TPSA) is 54.0 Å². The van der Waals surface area contributed by atoms with Gasteiger partial charge in [-0.05, 0) is 0 Å². The summed E-state index contributed by atoms with van der Waals surface area (Å²) in [5.41, 5.74) is 0.925. The first kappa shape index (κ1) is 12.7. The number of carbonyl (C=O) groups is 1. The molecule has 5 nitrogen and oxygen atoms in total. The van der Waals surface area contributed by atoms with Crippen LogP contribution in [0.2, 0.25) is 0 Å². The van der Waals surface area contributed by atoms with Crippen molar-refractivity contribution < 1.29 is 23.7 Å². The lowest BCUT2D eigenvalue weighted by Crippen LogP contribution is -2.57. The molecule has 102 valence electrons. The summed E-state index contributed by atoms with van der Waals surface area (Å²) in [6.45, 7) is 0.458. The fourth-order valence-corrected chi connectivity index (χ4v) is 2.46. The molecule has 0 amide bonds. The standard InChI is InChI=1S/C14H16O5/c1-16-12-10(15)7-17-11-8-18-14(19-13(11)12)9-5-3-2-4-6-9/h2-6,11-14H,7-8H2,1H3/t11-,12-,13?,14-/m1/s1. The van der Waals surface area contributed by atoms with Crippen LogP contribution in [0.5, 0.6) is 0 Å². The molecule has 2 heterocycles. The van der Waals surface area contributed by atoms with Crippen molar-refractivity contribution in [3.05, 3.63) is 35.9 Å². The lowest BCUT2D eigenvalue weighted by molar-refractivity contribution is -0.292. The maximum absolute atomic E-state index is 11.8. The molecule has 19 heavy (non-hydrogen) atoms. The van der Waals surface area contributed by atoms with Gasteiger partial charge in [0.1, 0.15) is 24.9 Å². The van der Waals surface area contributed by atoms with Crippen molar-refractivity contribution >= 4 is 5.78 Å². The van der Waals surface area contributed by atoms with E-state index < -0.39 is 18.5 Å². The zero-order chi connectivity index (χ0) is 13.2. The molecule has 1 aromatic carbocycles. The summed E-state index contributed by atoms with van der Waals surface area (Å²) in [5, 5.41) is 0. The van der Waals surface area contributed by atoms with Crippen LogP contribution in [0.15, 0.2) is 30.3 Å². The van der Waals surface area contributed by atoms with Crippen LogP contribution in [-0.4, -0.2) is 44.4 Å². The molecule has 4 atom stereocenters. The van der Waals surface area contributed by atoms with Gasteiger partial charge in [-0.1, -0.05) is 30.3 Å². The van der Waals surface area contributed by atoms with Gasteiger partial charge in [0.15, 0.2) is 12.1 Å². The van der Waals surface area contributed by atoms with Crippen LogP contribution in [0.4, 0.5) is 0 Å². The molecule has 2 fully saturated rings. The monoisotopic (exact) mass is 264 g/mol. The van der Waals surface area contributed by atoms with Crippen molar-refractivity contribution in [3.63, 3.8) is 0 Å². The Hall–Kier alpha value is -1.27. The molecule has 2 saturated heterocycles. The van der Waals surface area contributed by atoms with E-state index in [-0.39, 0.29) is 18.5 Å². The van der Waals surface area contributed by atoms with Crippen molar-refractivity contribution in [2.45, 2.75) is 24.6 Å². The van der Waals surface area contributed by atoms with Crippen LogP contribution < -0.4 is 0 Å². The Bertz CT molecular complexity index is 446. The van der Waals surface area contributed by atoms with Crippen LogP contribution in [0, 0.1) is 0 Å². The molecule has 0 bridgehead atoms. The molecule has 0 radical (unpaired) electrons. The molecule has 3 rings (SSSR count). The summed E-state index contributed by atoms with van der Waals surface area (Å²) in [6.07, 6.45) is -1.71. The summed E-state index contributed by atoms with van der Waals surface area (Å²) in [4.78, 5) is 11.8. The molecule has 0 aliphatic carbocycles. The number of hydrogen-bond donors (Lipinski definition) is 0. The molecule has 2 aliphatic rings. The summed E-state index contributed by atoms with van der Waals surface area (Å²) in [7, 11) is 1.52. The number of rotatable bonds is 2. The van der Waals surface area contributed by atoms with Crippen molar-refractivity contribution in [3.8, 4) is 0 Å². The zero-order valence-corrected chi connectivity index (χ0v) is 10.7. The fraction of sp³-hybridized carbons (Fsp3) is 0.500. The highest BCUT2D eigenvalue weighted by Gasteiger charge is 2.45. The normalized spacial score (nSPS) is 34.9. The van der Waals surface area contributed by atoms with Gasteiger partial charge in [-0.25, -0.2) is 0 Å². The van der Waals surface area contributed by atoms with E-state index in [4.69, 9.17) is 18.9 Å². The van der Waals surface area contributed by atoms with E-state index in [0.717, 1.165) is 5.56 Å². The fourth-order valence-electron chi connectivity index (χ4n) is 2.46. The van der Waals surface area contributed by atoms with Gasteiger partial charge in [-0.15, -0.1) is 0 Å². The van der Waals surface area contributed by atoms with Gasteiger partial charge in [0.2, 0.25) is 0 Å². The minimum absolute atomic E-state index is 0.0579. The van der Waals surface area contributed by atoms with Gasteiger partial charge >= 0.3 is 0 Å². The average molecular weight is 264 g/mol. The molecule has 0 saturated carbocycles. The number of fused-ring (bicyclic) bond motifs is 1. The Morgan fingerprint density at radius 2 is 2.00 bits per heavy atom. The van der Waals surface area contributed by atoms with E-state index >= 15 is 0 Å².